The van der Waals surface area contributed by atoms with E-state index in [1.165, 1.54) is 49.9 Å². The fourth-order valence-electron chi connectivity index (χ4n) is 5.82. The third-order valence-electron chi connectivity index (χ3n) is 7.42. The molecule has 6 nitrogen and oxygen atoms in total. The van der Waals surface area contributed by atoms with Crippen LogP contribution in [0.15, 0.2) is 54.7 Å². The van der Waals surface area contributed by atoms with Crippen molar-refractivity contribution in [3.8, 4) is 22.6 Å². The van der Waals surface area contributed by atoms with Gasteiger partial charge in [-0.25, -0.2) is 4.52 Å². The fraction of sp³-hybridized carbons (Fsp3) is 0.207. The van der Waals surface area contributed by atoms with Gasteiger partial charge in [-0.15, -0.1) is 0 Å². The second-order valence-electron chi connectivity index (χ2n) is 9.51. The number of ether oxygens (including phenoxy) is 2. The van der Waals surface area contributed by atoms with Gasteiger partial charge in [-0.3, -0.25) is 0 Å². The van der Waals surface area contributed by atoms with E-state index in [-0.39, 0.29) is 0 Å². The number of hydrogen-bond donors (Lipinski definition) is 1. The summed E-state index contributed by atoms with van der Waals surface area (Å²) in [5, 5.41) is 8.70. The molecule has 5 heterocycles. The molecular formula is C29H26N4O2. The van der Waals surface area contributed by atoms with E-state index in [1.54, 1.807) is 0 Å². The molecular weight excluding hydrogens is 436 g/mol. The van der Waals surface area contributed by atoms with Crippen molar-refractivity contribution in [2.24, 2.45) is 0 Å². The second-order valence-corrected chi connectivity index (χ2v) is 9.51. The SMILES string of the molecule is Cc1[nH]c2ccccc2c1-c1cc2c3c(C)n(Cc4ccc5c(c4)OCO5)c(C)c3c(C)nn2c1. The predicted molar refractivity (Wildman–Crippen MR) is 139 cm³/mol. The Balaban J connectivity index is 1.42. The van der Waals surface area contributed by atoms with Crippen LogP contribution in [0.25, 0.3) is 38.3 Å². The molecule has 7 rings (SSSR count). The molecule has 0 atom stereocenters. The second kappa shape index (κ2) is 7.15. The van der Waals surface area contributed by atoms with Gasteiger partial charge >= 0.3 is 0 Å². The molecule has 0 bridgehead atoms. The standard InChI is InChI=1S/C29H26N4O2/c1-16-28(22-7-5-6-8-23(22)30-16)21-12-24-29-19(4)32(18(3)27(29)17(2)31-33(24)14-21)13-20-9-10-25-26(11-20)35-15-34-25/h5-12,14,30H,13,15H2,1-4H3. The first-order chi connectivity index (χ1) is 17.0. The van der Waals surface area contributed by atoms with Gasteiger partial charge in [0.1, 0.15) is 0 Å². The smallest absolute Gasteiger partial charge is 0.231 e. The predicted octanol–water partition coefficient (Wildman–Crippen LogP) is 6.45. The number of aromatic amines is 1. The minimum atomic E-state index is 0.291. The molecule has 4 aromatic heterocycles. The number of benzene rings is 2. The van der Waals surface area contributed by atoms with Crippen LogP contribution >= 0.6 is 0 Å². The zero-order valence-electron chi connectivity index (χ0n) is 20.3. The molecule has 0 fully saturated rings. The summed E-state index contributed by atoms with van der Waals surface area (Å²) in [7, 11) is 0. The molecule has 1 aliphatic rings. The van der Waals surface area contributed by atoms with Gasteiger partial charge in [0.15, 0.2) is 11.5 Å². The van der Waals surface area contributed by atoms with Crippen LogP contribution in [0.1, 0.15) is 28.3 Å². The Morgan fingerprint density at radius 3 is 2.60 bits per heavy atom. The van der Waals surface area contributed by atoms with Crippen LogP contribution in [0.5, 0.6) is 11.5 Å². The summed E-state index contributed by atoms with van der Waals surface area (Å²) in [6.45, 7) is 9.72. The summed E-state index contributed by atoms with van der Waals surface area (Å²) in [4.78, 5) is 3.54. The zero-order chi connectivity index (χ0) is 23.8. The first-order valence-corrected chi connectivity index (χ1v) is 11.9. The quantitative estimate of drug-likeness (QED) is 0.329. The maximum atomic E-state index is 5.60. The molecule has 0 saturated carbocycles. The molecule has 1 aliphatic heterocycles. The van der Waals surface area contributed by atoms with Gasteiger partial charge in [0.05, 0.1) is 11.2 Å². The van der Waals surface area contributed by atoms with E-state index in [9.17, 15) is 0 Å². The molecule has 0 radical (unpaired) electrons. The summed E-state index contributed by atoms with van der Waals surface area (Å²) in [5.41, 5.74) is 10.6. The van der Waals surface area contributed by atoms with E-state index in [2.05, 4.69) is 85.9 Å². The molecule has 0 saturated heterocycles. The topological polar surface area (TPSA) is 56.5 Å². The van der Waals surface area contributed by atoms with E-state index < -0.39 is 0 Å². The number of aromatic nitrogens is 4. The Hall–Kier alpha value is -4.19. The number of fused-ring (bicyclic) bond motifs is 5. The van der Waals surface area contributed by atoms with Crippen LogP contribution in [0.3, 0.4) is 0 Å². The number of aryl methyl sites for hydroxylation is 4. The maximum absolute atomic E-state index is 5.60. The molecule has 174 valence electrons. The highest BCUT2D eigenvalue weighted by Crippen LogP contribution is 2.38. The van der Waals surface area contributed by atoms with Crippen molar-refractivity contribution in [2.75, 3.05) is 6.79 Å². The van der Waals surface area contributed by atoms with Crippen molar-refractivity contribution in [1.29, 1.82) is 0 Å². The lowest BCUT2D eigenvalue weighted by molar-refractivity contribution is 0.174. The van der Waals surface area contributed by atoms with Crippen LogP contribution in [-0.4, -0.2) is 26.0 Å². The monoisotopic (exact) mass is 462 g/mol. The highest BCUT2D eigenvalue weighted by Gasteiger charge is 2.21. The first-order valence-electron chi connectivity index (χ1n) is 11.9. The van der Waals surface area contributed by atoms with E-state index in [0.29, 0.717) is 6.79 Å². The van der Waals surface area contributed by atoms with Crippen molar-refractivity contribution in [3.63, 3.8) is 0 Å². The van der Waals surface area contributed by atoms with E-state index in [4.69, 9.17) is 14.6 Å². The van der Waals surface area contributed by atoms with E-state index in [0.717, 1.165) is 34.8 Å². The lowest BCUT2D eigenvalue weighted by Gasteiger charge is -2.10. The number of nitrogens with one attached hydrogen (secondary N) is 1. The number of nitrogens with zero attached hydrogens (tertiary/aromatic N) is 3. The van der Waals surface area contributed by atoms with Crippen molar-refractivity contribution >= 4 is 27.2 Å². The fourth-order valence-corrected chi connectivity index (χ4v) is 5.82. The normalized spacial score (nSPS) is 13.0. The van der Waals surface area contributed by atoms with Gasteiger partial charge in [-0.1, -0.05) is 24.3 Å². The number of hydrogen-bond acceptors (Lipinski definition) is 3. The Bertz CT molecular complexity index is 1800. The molecule has 35 heavy (non-hydrogen) atoms. The maximum Gasteiger partial charge on any atom is 0.231 e. The summed E-state index contributed by atoms with van der Waals surface area (Å²) >= 11 is 0. The van der Waals surface area contributed by atoms with E-state index in [1.807, 2.05) is 10.6 Å². The minimum absolute atomic E-state index is 0.291. The molecule has 6 heteroatoms. The van der Waals surface area contributed by atoms with Crippen LogP contribution in [-0.2, 0) is 6.54 Å². The molecule has 0 amide bonds. The zero-order valence-corrected chi connectivity index (χ0v) is 20.3. The van der Waals surface area contributed by atoms with Crippen molar-refractivity contribution in [1.82, 2.24) is 19.2 Å². The van der Waals surface area contributed by atoms with E-state index >= 15 is 0 Å². The summed E-state index contributed by atoms with van der Waals surface area (Å²) in [5.74, 6) is 1.63. The molecule has 0 unspecified atom stereocenters. The number of H-pyrrole nitrogens is 1. The highest BCUT2D eigenvalue weighted by molar-refractivity contribution is 6.04. The molecule has 0 spiro atoms. The molecule has 6 aromatic rings. The van der Waals surface area contributed by atoms with Crippen molar-refractivity contribution in [2.45, 2.75) is 34.2 Å². The number of para-hydroxylation sites is 1. The Labute approximate surface area is 202 Å². The third kappa shape index (κ3) is 2.86. The van der Waals surface area contributed by atoms with Crippen LogP contribution < -0.4 is 9.47 Å². The van der Waals surface area contributed by atoms with Gasteiger partial charge in [0.25, 0.3) is 0 Å². The van der Waals surface area contributed by atoms with Gasteiger partial charge < -0.3 is 19.0 Å². The summed E-state index contributed by atoms with van der Waals surface area (Å²) in [6, 6.07) is 17.0. The van der Waals surface area contributed by atoms with Crippen LogP contribution in [0.4, 0.5) is 0 Å². The number of rotatable bonds is 3. The van der Waals surface area contributed by atoms with Gasteiger partial charge in [0.2, 0.25) is 6.79 Å². The van der Waals surface area contributed by atoms with Gasteiger partial charge in [0, 0.05) is 62.6 Å². The summed E-state index contributed by atoms with van der Waals surface area (Å²) < 4.78 is 15.5. The van der Waals surface area contributed by atoms with Gasteiger partial charge in [-0.2, -0.15) is 5.10 Å². The minimum Gasteiger partial charge on any atom is -0.454 e. The molecule has 2 aromatic carbocycles. The van der Waals surface area contributed by atoms with Crippen LogP contribution in [0, 0.1) is 27.7 Å². The molecule has 1 N–H and O–H groups in total. The first kappa shape index (κ1) is 20.2. The average Bonchev–Trinajstić information content (AvgIpc) is 3.59. The summed E-state index contributed by atoms with van der Waals surface area (Å²) in [6.07, 6.45) is 2.16. The van der Waals surface area contributed by atoms with Crippen molar-refractivity contribution < 1.29 is 9.47 Å². The third-order valence-corrected chi connectivity index (χ3v) is 7.42. The average molecular weight is 463 g/mol. The van der Waals surface area contributed by atoms with Crippen molar-refractivity contribution in [3.05, 3.63) is 83.1 Å². The largest absolute Gasteiger partial charge is 0.454 e. The van der Waals surface area contributed by atoms with Gasteiger partial charge in [-0.05, 0) is 57.5 Å². The Kier molecular flexibility index (Phi) is 4.13. The Morgan fingerprint density at radius 2 is 1.71 bits per heavy atom. The van der Waals surface area contributed by atoms with Crippen LogP contribution in [0.2, 0.25) is 0 Å². The lowest BCUT2D eigenvalue weighted by atomic mass is 10.0. The lowest BCUT2D eigenvalue weighted by Crippen LogP contribution is -2.03. The molecule has 0 aliphatic carbocycles. The Morgan fingerprint density at radius 1 is 0.914 bits per heavy atom. The highest BCUT2D eigenvalue weighted by atomic mass is 16.7.